The van der Waals surface area contributed by atoms with Gasteiger partial charge < -0.3 is 14.7 Å². The number of hydrogen-bond donors (Lipinski definition) is 1. The van der Waals surface area contributed by atoms with Crippen molar-refractivity contribution in [3.63, 3.8) is 0 Å². The van der Waals surface area contributed by atoms with Gasteiger partial charge in [-0.25, -0.2) is 9.07 Å². The van der Waals surface area contributed by atoms with E-state index in [0.717, 1.165) is 0 Å². The van der Waals surface area contributed by atoms with Crippen LogP contribution in [0.25, 0.3) is 5.69 Å². The molecule has 1 fully saturated rings. The molecule has 2 aromatic rings. The van der Waals surface area contributed by atoms with Gasteiger partial charge in [0, 0.05) is 13.1 Å². The van der Waals surface area contributed by atoms with Crippen LogP contribution in [0.2, 0.25) is 0 Å². The van der Waals surface area contributed by atoms with Crippen molar-refractivity contribution in [3.8, 4) is 5.69 Å². The van der Waals surface area contributed by atoms with E-state index in [4.69, 9.17) is 9.84 Å². The highest BCUT2D eigenvalue weighted by atomic mass is 19.1. The van der Waals surface area contributed by atoms with Crippen LogP contribution in [0.4, 0.5) is 4.39 Å². The molecule has 1 aliphatic rings. The molecule has 3 rings (SSSR count). The summed E-state index contributed by atoms with van der Waals surface area (Å²) >= 11 is 0. The highest BCUT2D eigenvalue weighted by Crippen LogP contribution is 2.18. The van der Waals surface area contributed by atoms with E-state index in [9.17, 15) is 14.0 Å². The largest absolute Gasteiger partial charge is 0.481 e. The van der Waals surface area contributed by atoms with Crippen LogP contribution in [0, 0.1) is 12.7 Å². The zero-order chi connectivity index (χ0) is 18.0. The molecule has 0 spiro atoms. The minimum Gasteiger partial charge on any atom is -0.481 e. The van der Waals surface area contributed by atoms with Crippen LogP contribution in [0.15, 0.2) is 30.5 Å². The molecule has 1 aromatic carbocycles. The normalized spacial score (nSPS) is 17.5. The maximum atomic E-state index is 13.1. The van der Waals surface area contributed by atoms with E-state index in [0.29, 0.717) is 30.1 Å². The zero-order valence-electron chi connectivity index (χ0n) is 13.7. The molecular formula is C17H18FN3O4. The molecule has 7 nitrogen and oxygen atoms in total. The number of halogens is 1. The second-order valence-electron chi connectivity index (χ2n) is 5.87. The third kappa shape index (κ3) is 3.69. The number of amides is 1. The molecule has 1 aliphatic heterocycles. The average Bonchev–Trinajstić information content (AvgIpc) is 2.96. The monoisotopic (exact) mass is 347 g/mol. The van der Waals surface area contributed by atoms with Gasteiger partial charge in [-0.3, -0.25) is 9.59 Å². The minimum atomic E-state index is -0.959. The van der Waals surface area contributed by atoms with E-state index in [2.05, 4.69) is 5.10 Å². The molecule has 1 aromatic heterocycles. The van der Waals surface area contributed by atoms with Gasteiger partial charge in [-0.1, -0.05) is 0 Å². The van der Waals surface area contributed by atoms with Gasteiger partial charge in [-0.2, -0.15) is 5.10 Å². The van der Waals surface area contributed by atoms with Gasteiger partial charge in [0.05, 0.1) is 42.3 Å². The summed E-state index contributed by atoms with van der Waals surface area (Å²) in [5, 5.41) is 13.1. The fourth-order valence-corrected chi connectivity index (χ4v) is 2.85. The number of carboxylic acids is 1. The van der Waals surface area contributed by atoms with E-state index < -0.39 is 12.1 Å². The van der Waals surface area contributed by atoms with Crippen molar-refractivity contribution in [1.82, 2.24) is 14.7 Å². The predicted molar refractivity (Wildman–Crippen MR) is 86.2 cm³/mol. The molecule has 1 saturated heterocycles. The molecule has 8 heteroatoms. The Morgan fingerprint density at radius 1 is 1.36 bits per heavy atom. The van der Waals surface area contributed by atoms with Crippen molar-refractivity contribution in [1.29, 1.82) is 0 Å². The number of carbonyl (C=O) groups excluding carboxylic acids is 1. The van der Waals surface area contributed by atoms with Gasteiger partial charge in [-0.05, 0) is 31.2 Å². The number of aromatic nitrogens is 2. The van der Waals surface area contributed by atoms with Crippen LogP contribution in [-0.2, 0) is 9.53 Å². The van der Waals surface area contributed by atoms with Gasteiger partial charge in [0.2, 0.25) is 0 Å². The number of rotatable bonds is 4. The number of hydrogen-bond acceptors (Lipinski definition) is 4. The van der Waals surface area contributed by atoms with Crippen molar-refractivity contribution in [3.05, 3.63) is 47.5 Å². The molecule has 0 saturated carbocycles. The maximum absolute atomic E-state index is 13.1. The van der Waals surface area contributed by atoms with E-state index >= 15 is 0 Å². The molecule has 0 unspecified atom stereocenters. The molecule has 0 radical (unpaired) electrons. The fraction of sp³-hybridized carbons (Fsp3) is 0.353. The highest BCUT2D eigenvalue weighted by molar-refractivity contribution is 5.95. The van der Waals surface area contributed by atoms with Crippen molar-refractivity contribution >= 4 is 11.9 Å². The van der Waals surface area contributed by atoms with E-state index in [1.807, 2.05) is 0 Å². The summed E-state index contributed by atoms with van der Waals surface area (Å²) in [4.78, 5) is 25.2. The predicted octanol–water partition coefficient (Wildman–Crippen LogP) is 1.64. The van der Waals surface area contributed by atoms with Crippen LogP contribution >= 0.6 is 0 Å². The van der Waals surface area contributed by atoms with Crippen LogP contribution < -0.4 is 0 Å². The summed E-state index contributed by atoms with van der Waals surface area (Å²) in [5.74, 6) is -1.52. The molecule has 1 atom stereocenters. The Balaban J connectivity index is 1.79. The summed E-state index contributed by atoms with van der Waals surface area (Å²) in [5.41, 5.74) is 1.72. The van der Waals surface area contributed by atoms with E-state index in [-0.39, 0.29) is 24.7 Å². The second-order valence-corrected chi connectivity index (χ2v) is 5.87. The summed E-state index contributed by atoms with van der Waals surface area (Å²) < 4.78 is 20.0. The van der Waals surface area contributed by atoms with Crippen molar-refractivity contribution < 1.29 is 23.8 Å². The Morgan fingerprint density at radius 3 is 2.76 bits per heavy atom. The van der Waals surface area contributed by atoms with Gasteiger partial charge in [-0.15, -0.1) is 0 Å². The van der Waals surface area contributed by atoms with Crippen LogP contribution in [0.3, 0.4) is 0 Å². The second kappa shape index (κ2) is 7.02. The number of aliphatic carboxylic acids is 1. The lowest BCUT2D eigenvalue weighted by molar-refractivity contribution is -0.141. The number of carboxylic acid groups (broad SMARTS) is 1. The Kier molecular flexibility index (Phi) is 4.80. The van der Waals surface area contributed by atoms with Gasteiger partial charge in [0.1, 0.15) is 5.82 Å². The first-order valence-electron chi connectivity index (χ1n) is 7.89. The SMILES string of the molecule is Cc1c(C(=O)N2CCO[C@H](CC(=O)O)C2)cnn1-c1ccc(F)cc1. The summed E-state index contributed by atoms with van der Waals surface area (Å²) in [6, 6.07) is 5.83. The van der Waals surface area contributed by atoms with Gasteiger partial charge >= 0.3 is 5.97 Å². The smallest absolute Gasteiger partial charge is 0.306 e. The zero-order valence-corrected chi connectivity index (χ0v) is 13.7. The van der Waals surface area contributed by atoms with E-state index in [1.54, 1.807) is 28.6 Å². The molecule has 132 valence electrons. The number of ether oxygens (including phenoxy) is 1. The van der Waals surface area contributed by atoms with Crippen molar-refractivity contribution in [2.24, 2.45) is 0 Å². The third-order valence-electron chi connectivity index (χ3n) is 4.14. The van der Waals surface area contributed by atoms with Crippen LogP contribution in [0.1, 0.15) is 22.5 Å². The quantitative estimate of drug-likeness (QED) is 0.909. The lowest BCUT2D eigenvalue weighted by Gasteiger charge is -2.32. The molecule has 0 aliphatic carbocycles. The summed E-state index contributed by atoms with van der Waals surface area (Å²) in [6.07, 6.45) is 0.822. The van der Waals surface area contributed by atoms with Crippen LogP contribution in [0.5, 0.6) is 0 Å². The summed E-state index contributed by atoms with van der Waals surface area (Å²) in [6.45, 7) is 2.69. The Labute approximate surface area is 143 Å². The molecule has 0 bridgehead atoms. The first-order valence-corrected chi connectivity index (χ1v) is 7.89. The molecule has 25 heavy (non-hydrogen) atoms. The molecular weight excluding hydrogens is 329 g/mol. The fourth-order valence-electron chi connectivity index (χ4n) is 2.85. The summed E-state index contributed by atoms with van der Waals surface area (Å²) in [7, 11) is 0. The van der Waals surface area contributed by atoms with Crippen LogP contribution in [-0.4, -0.2) is 57.5 Å². The standard InChI is InChI=1S/C17H18FN3O4/c1-11-15(9-19-21(11)13-4-2-12(18)3-5-13)17(24)20-6-7-25-14(10-20)8-16(22)23/h2-5,9,14H,6-8,10H2,1H3,(H,22,23)/t14-/m1/s1. The first kappa shape index (κ1) is 17.1. The molecule has 2 heterocycles. The topological polar surface area (TPSA) is 84.7 Å². The number of benzene rings is 1. The molecule has 1 amide bonds. The lowest BCUT2D eigenvalue weighted by Crippen LogP contribution is -2.46. The van der Waals surface area contributed by atoms with Crippen molar-refractivity contribution in [2.45, 2.75) is 19.4 Å². The first-order chi connectivity index (χ1) is 12.0. The number of nitrogens with zero attached hydrogens (tertiary/aromatic N) is 3. The van der Waals surface area contributed by atoms with Gasteiger partial charge in [0.25, 0.3) is 5.91 Å². The Hall–Kier alpha value is -2.74. The number of carbonyl (C=O) groups is 2. The van der Waals surface area contributed by atoms with E-state index in [1.165, 1.54) is 18.3 Å². The Morgan fingerprint density at radius 2 is 2.08 bits per heavy atom. The maximum Gasteiger partial charge on any atom is 0.306 e. The lowest BCUT2D eigenvalue weighted by atomic mass is 10.1. The Bertz CT molecular complexity index is 788. The highest BCUT2D eigenvalue weighted by Gasteiger charge is 2.28. The average molecular weight is 347 g/mol. The van der Waals surface area contributed by atoms with Crippen molar-refractivity contribution in [2.75, 3.05) is 19.7 Å². The number of morpholine rings is 1. The minimum absolute atomic E-state index is 0.141. The molecule has 1 N–H and O–H groups in total. The third-order valence-corrected chi connectivity index (χ3v) is 4.14. The van der Waals surface area contributed by atoms with Gasteiger partial charge in [0.15, 0.2) is 0 Å².